The molecule has 1 aliphatic rings. The van der Waals surface area contributed by atoms with Gasteiger partial charge in [0.15, 0.2) is 5.82 Å². The standard InChI is InChI=1S/C10H9F5N2O2/c11-9(12,10(13,14)15)8-16-5-2-1-4(7(18)19)3-6(5)17-8/h4H,1-3H2,(H,16,17)(H,18,19). The lowest BCUT2D eigenvalue weighted by molar-refractivity contribution is -0.292. The molecule has 1 aliphatic carbocycles. The quantitative estimate of drug-likeness (QED) is 0.819. The van der Waals surface area contributed by atoms with E-state index in [0.717, 1.165) is 0 Å². The fraction of sp³-hybridized carbons (Fsp3) is 0.600. The van der Waals surface area contributed by atoms with Crippen LogP contribution in [-0.4, -0.2) is 27.2 Å². The van der Waals surface area contributed by atoms with Gasteiger partial charge in [0, 0.05) is 12.1 Å². The molecule has 2 N–H and O–H groups in total. The van der Waals surface area contributed by atoms with Crippen LogP contribution in [0, 0.1) is 5.92 Å². The second-order valence-electron chi connectivity index (χ2n) is 4.36. The maximum Gasteiger partial charge on any atom is 0.461 e. The molecule has 1 heterocycles. The minimum absolute atomic E-state index is 0.0394. The Kier molecular flexibility index (Phi) is 3.02. The van der Waals surface area contributed by atoms with Crippen LogP contribution in [0.25, 0.3) is 0 Å². The van der Waals surface area contributed by atoms with E-state index in [-0.39, 0.29) is 30.7 Å². The summed E-state index contributed by atoms with van der Waals surface area (Å²) < 4.78 is 62.7. The first kappa shape index (κ1) is 13.8. The zero-order valence-corrected chi connectivity index (χ0v) is 9.39. The number of rotatable bonds is 2. The number of imidazole rings is 1. The summed E-state index contributed by atoms with van der Waals surface area (Å²) in [5.74, 6) is -8.44. The molecule has 4 nitrogen and oxygen atoms in total. The molecule has 1 aromatic heterocycles. The van der Waals surface area contributed by atoms with Crippen molar-refractivity contribution < 1.29 is 31.9 Å². The van der Waals surface area contributed by atoms with Gasteiger partial charge in [-0.3, -0.25) is 4.79 Å². The van der Waals surface area contributed by atoms with Gasteiger partial charge in [-0.05, 0) is 12.8 Å². The number of aliphatic carboxylic acids is 1. The van der Waals surface area contributed by atoms with E-state index in [1.165, 1.54) is 0 Å². The molecular weight excluding hydrogens is 275 g/mol. The Bertz CT molecular complexity index is 509. The van der Waals surface area contributed by atoms with Crippen molar-refractivity contribution in [3.63, 3.8) is 0 Å². The normalized spacial score (nSPS) is 20.2. The number of alkyl halides is 5. The summed E-state index contributed by atoms with van der Waals surface area (Å²) in [4.78, 5) is 15.9. The third-order valence-corrected chi connectivity index (χ3v) is 3.05. The maximum absolute atomic E-state index is 13.1. The third-order valence-electron chi connectivity index (χ3n) is 3.05. The monoisotopic (exact) mass is 284 g/mol. The van der Waals surface area contributed by atoms with Crippen molar-refractivity contribution in [1.29, 1.82) is 0 Å². The summed E-state index contributed by atoms with van der Waals surface area (Å²) in [6, 6.07) is 0. The largest absolute Gasteiger partial charge is 0.481 e. The number of aryl methyl sites for hydroxylation is 1. The fourth-order valence-electron chi connectivity index (χ4n) is 1.97. The number of fused-ring (bicyclic) bond motifs is 1. The molecule has 0 bridgehead atoms. The molecule has 9 heteroatoms. The summed E-state index contributed by atoms with van der Waals surface area (Å²) in [6.07, 6.45) is -5.62. The van der Waals surface area contributed by atoms with E-state index in [9.17, 15) is 26.7 Å². The van der Waals surface area contributed by atoms with Gasteiger partial charge in [0.1, 0.15) is 0 Å². The summed E-state index contributed by atoms with van der Waals surface area (Å²) >= 11 is 0. The van der Waals surface area contributed by atoms with Gasteiger partial charge in [-0.2, -0.15) is 22.0 Å². The lowest BCUT2D eigenvalue weighted by atomic mass is 9.90. The average molecular weight is 284 g/mol. The van der Waals surface area contributed by atoms with Crippen molar-refractivity contribution >= 4 is 5.97 Å². The Balaban J connectivity index is 2.32. The SMILES string of the molecule is O=C(O)C1CCc2nc(C(F)(F)C(F)(F)F)[nH]c2C1. The number of hydrogen-bond donors (Lipinski definition) is 2. The number of nitrogens with one attached hydrogen (secondary N) is 1. The van der Waals surface area contributed by atoms with Crippen molar-refractivity contribution in [3.8, 4) is 0 Å². The second kappa shape index (κ2) is 4.17. The van der Waals surface area contributed by atoms with Crippen LogP contribution in [0.2, 0.25) is 0 Å². The van der Waals surface area contributed by atoms with E-state index >= 15 is 0 Å². The van der Waals surface area contributed by atoms with Crippen molar-refractivity contribution in [2.24, 2.45) is 5.92 Å². The van der Waals surface area contributed by atoms with Crippen molar-refractivity contribution in [1.82, 2.24) is 9.97 Å². The molecule has 1 atom stereocenters. The van der Waals surface area contributed by atoms with Gasteiger partial charge in [0.05, 0.1) is 11.6 Å². The Labute approximate surface area is 103 Å². The highest BCUT2D eigenvalue weighted by Crippen LogP contribution is 2.43. The molecule has 1 aromatic rings. The zero-order valence-electron chi connectivity index (χ0n) is 9.39. The van der Waals surface area contributed by atoms with E-state index in [1.807, 2.05) is 4.98 Å². The van der Waals surface area contributed by atoms with E-state index in [2.05, 4.69) is 4.98 Å². The molecule has 0 radical (unpaired) electrons. The predicted molar refractivity (Wildman–Crippen MR) is 51.7 cm³/mol. The topological polar surface area (TPSA) is 66.0 Å². The van der Waals surface area contributed by atoms with Crippen LogP contribution < -0.4 is 0 Å². The lowest BCUT2D eigenvalue weighted by Gasteiger charge is -2.17. The van der Waals surface area contributed by atoms with Crippen LogP contribution >= 0.6 is 0 Å². The van der Waals surface area contributed by atoms with Crippen LogP contribution in [0.4, 0.5) is 22.0 Å². The molecule has 0 aromatic carbocycles. The number of carboxylic acids is 1. The Morgan fingerprint density at radius 1 is 1.32 bits per heavy atom. The molecule has 0 spiro atoms. The molecular formula is C10H9F5N2O2. The smallest absolute Gasteiger partial charge is 0.461 e. The van der Waals surface area contributed by atoms with Gasteiger partial charge >= 0.3 is 18.1 Å². The number of halogens is 5. The summed E-state index contributed by atoms with van der Waals surface area (Å²) in [5.41, 5.74) is 0.119. The molecule has 106 valence electrons. The number of aromatic amines is 1. The van der Waals surface area contributed by atoms with Crippen LogP contribution in [0.15, 0.2) is 0 Å². The Morgan fingerprint density at radius 2 is 1.95 bits per heavy atom. The zero-order chi connectivity index (χ0) is 14.4. The maximum atomic E-state index is 13.1. The highest BCUT2D eigenvalue weighted by atomic mass is 19.4. The molecule has 2 rings (SSSR count). The van der Waals surface area contributed by atoms with E-state index in [1.54, 1.807) is 0 Å². The molecule has 0 fully saturated rings. The summed E-state index contributed by atoms with van der Waals surface area (Å²) in [5, 5.41) is 8.80. The summed E-state index contributed by atoms with van der Waals surface area (Å²) in [7, 11) is 0. The van der Waals surface area contributed by atoms with E-state index in [4.69, 9.17) is 5.11 Å². The minimum atomic E-state index is -5.74. The van der Waals surface area contributed by atoms with Gasteiger partial charge in [0.2, 0.25) is 0 Å². The highest BCUT2D eigenvalue weighted by Gasteiger charge is 2.61. The number of carboxylic acid groups (broad SMARTS) is 1. The van der Waals surface area contributed by atoms with Gasteiger partial charge in [-0.1, -0.05) is 0 Å². The van der Waals surface area contributed by atoms with Gasteiger partial charge in [-0.15, -0.1) is 0 Å². The molecule has 0 amide bonds. The highest BCUT2D eigenvalue weighted by molar-refractivity contribution is 5.70. The number of hydrogen-bond acceptors (Lipinski definition) is 2. The van der Waals surface area contributed by atoms with Crippen LogP contribution in [0.3, 0.4) is 0 Å². The number of carbonyl (C=O) groups is 1. The molecule has 0 saturated heterocycles. The second-order valence-corrected chi connectivity index (χ2v) is 4.36. The Morgan fingerprint density at radius 3 is 2.47 bits per heavy atom. The number of H-pyrrole nitrogens is 1. The predicted octanol–water partition coefficient (Wildman–Crippen LogP) is 2.25. The molecule has 1 unspecified atom stereocenters. The minimum Gasteiger partial charge on any atom is -0.481 e. The molecule has 0 aliphatic heterocycles. The van der Waals surface area contributed by atoms with E-state index in [0.29, 0.717) is 0 Å². The van der Waals surface area contributed by atoms with Crippen LogP contribution in [-0.2, 0) is 23.6 Å². The van der Waals surface area contributed by atoms with Gasteiger partial charge < -0.3 is 10.1 Å². The van der Waals surface area contributed by atoms with Crippen LogP contribution in [0.1, 0.15) is 23.6 Å². The number of nitrogens with zero attached hydrogens (tertiary/aromatic N) is 1. The first-order chi connectivity index (χ1) is 8.63. The first-order valence-electron chi connectivity index (χ1n) is 5.38. The van der Waals surface area contributed by atoms with Gasteiger partial charge in [-0.25, -0.2) is 4.98 Å². The van der Waals surface area contributed by atoms with Crippen LogP contribution in [0.5, 0.6) is 0 Å². The fourth-order valence-corrected chi connectivity index (χ4v) is 1.97. The third kappa shape index (κ3) is 2.28. The van der Waals surface area contributed by atoms with Crippen molar-refractivity contribution in [2.45, 2.75) is 31.4 Å². The molecule has 19 heavy (non-hydrogen) atoms. The van der Waals surface area contributed by atoms with Crippen molar-refractivity contribution in [2.75, 3.05) is 0 Å². The first-order valence-corrected chi connectivity index (χ1v) is 5.38. The van der Waals surface area contributed by atoms with E-state index < -0.39 is 29.8 Å². The summed E-state index contributed by atoms with van der Waals surface area (Å²) in [6.45, 7) is 0. The Hall–Kier alpha value is -1.67. The van der Waals surface area contributed by atoms with Crippen molar-refractivity contribution in [3.05, 3.63) is 17.2 Å². The average Bonchev–Trinajstić information content (AvgIpc) is 2.70. The lowest BCUT2D eigenvalue weighted by Crippen LogP contribution is -2.34. The number of aromatic nitrogens is 2. The molecule has 0 saturated carbocycles. The van der Waals surface area contributed by atoms with Gasteiger partial charge in [0.25, 0.3) is 0 Å².